The van der Waals surface area contributed by atoms with Gasteiger partial charge >= 0.3 is 6.36 Å². The van der Waals surface area contributed by atoms with Gasteiger partial charge in [0.05, 0.1) is 0 Å². The first-order valence-corrected chi connectivity index (χ1v) is 6.31. The van der Waals surface area contributed by atoms with Crippen molar-refractivity contribution in [3.63, 3.8) is 0 Å². The fraction of sp³-hybridized carbons (Fsp3) is 0.538. The van der Waals surface area contributed by atoms with E-state index in [1.54, 1.807) is 12.1 Å². The van der Waals surface area contributed by atoms with Crippen LogP contribution in [0, 0.1) is 0 Å². The number of rotatable bonds is 4. The van der Waals surface area contributed by atoms with E-state index in [2.05, 4.69) is 15.0 Å². The van der Waals surface area contributed by atoms with E-state index in [1.807, 2.05) is 0 Å². The van der Waals surface area contributed by atoms with E-state index in [-0.39, 0.29) is 5.75 Å². The average Bonchev–Trinajstić information content (AvgIpc) is 2.37. The molecule has 1 heterocycles. The molecule has 1 aliphatic heterocycles. The summed E-state index contributed by atoms with van der Waals surface area (Å²) in [6.07, 6.45) is -3.78. The highest BCUT2D eigenvalue weighted by atomic mass is 19.4. The lowest BCUT2D eigenvalue weighted by Gasteiger charge is -2.27. The van der Waals surface area contributed by atoms with E-state index in [0.717, 1.165) is 44.7 Å². The third kappa shape index (κ3) is 5.08. The van der Waals surface area contributed by atoms with Crippen molar-refractivity contribution in [3.8, 4) is 5.75 Å². The Labute approximate surface area is 110 Å². The minimum atomic E-state index is -4.62. The predicted octanol–water partition coefficient (Wildman–Crippen LogP) is 2.03. The van der Waals surface area contributed by atoms with E-state index in [0.29, 0.717) is 0 Å². The number of piperazine rings is 1. The molecule has 0 aromatic heterocycles. The Morgan fingerprint density at radius 1 is 1.11 bits per heavy atom. The van der Waals surface area contributed by atoms with Crippen LogP contribution in [0.2, 0.25) is 0 Å². The van der Waals surface area contributed by atoms with Crippen LogP contribution < -0.4 is 10.1 Å². The molecule has 0 amide bonds. The maximum Gasteiger partial charge on any atom is 0.573 e. The van der Waals surface area contributed by atoms with Crippen LogP contribution in [0.3, 0.4) is 0 Å². The van der Waals surface area contributed by atoms with Crippen LogP contribution in [-0.4, -0.2) is 44.0 Å². The molecule has 1 saturated heterocycles. The largest absolute Gasteiger partial charge is 0.573 e. The molecule has 106 valence electrons. The summed E-state index contributed by atoms with van der Waals surface area (Å²) < 4.78 is 39.8. The molecule has 1 aliphatic rings. The van der Waals surface area contributed by atoms with Gasteiger partial charge in [-0.2, -0.15) is 0 Å². The highest BCUT2D eigenvalue weighted by Gasteiger charge is 2.30. The molecule has 6 heteroatoms. The van der Waals surface area contributed by atoms with E-state index >= 15 is 0 Å². The second-order valence-electron chi connectivity index (χ2n) is 4.53. The second kappa shape index (κ2) is 6.25. The number of hydrogen-bond donors (Lipinski definition) is 1. The van der Waals surface area contributed by atoms with Gasteiger partial charge in [0.1, 0.15) is 5.75 Å². The van der Waals surface area contributed by atoms with Crippen molar-refractivity contribution >= 4 is 0 Å². The number of halogens is 3. The van der Waals surface area contributed by atoms with Gasteiger partial charge in [0.15, 0.2) is 0 Å². The highest BCUT2D eigenvalue weighted by molar-refractivity contribution is 5.27. The van der Waals surface area contributed by atoms with Gasteiger partial charge in [-0.3, -0.25) is 0 Å². The van der Waals surface area contributed by atoms with Crippen LogP contribution in [0.25, 0.3) is 0 Å². The van der Waals surface area contributed by atoms with Gasteiger partial charge in [-0.1, -0.05) is 12.1 Å². The fourth-order valence-corrected chi connectivity index (χ4v) is 2.08. The van der Waals surface area contributed by atoms with Gasteiger partial charge in [-0.15, -0.1) is 13.2 Å². The first kappa shape index (κ1) is 14.1. The van der Waals surface area contributed by atoms with Crippen molar-refractivity contribution in [3.05, 3.63) is 29.8 Å². The molecule has 3 nitrogen and oxygen atoms in total. The molecule has 19 heavy (non-hydrogen) atoms. The van der Waals surface area contributed by atoms with E-state index in [4.69, 9.17) is 0 Å². The fourth-order valence-electron chi connectivity index (χ4n) is 2.08. The number of nitrogens with one attached hydrogen (secondary N) is 1. The zero-order chi connectivity index (χ0) is 13.7. The van der Waals surface area contributed by atoms with Crippen LogP contribution in [-0.2, 0) is 6.42 Å². The SMILES string of the molecule is FC(F)(F)Oc1ccc(CCN2CCNCC2)cc1. The molecule has 0 spiro atoms. The minimum absolute atomic E-state index is 0.168. The summed E-state index contributed by atoms with van der Waals surface area (Å²) in [5.74, 6) is -0.168. The van der Waals surface area contributed by atoms with Crippen molar-refractivity contribution in [1.82, 2.24) is 10.2 Å². The molecule has 1 aromatic rings. The first-order valence-electron chi connectivity index (χ1n) is 6.31. The first-order chi connectivity index (χ1) is 9.03. The molecular weight excluding hydrogens is 257 g/mol. The Morgan fingerprint density at radius 3 is 2.32 bits per heavy atom. The van der Waals surface area contributed by atoms with Crippen LogP contribution in [0.15, 0.2) is 24.3 Å². The lowest BCUT2D eigenvalue weighted by atomic mass is 10.1. The Morgan fingerprint density at radius 2 is 1.74 bits per heavy atom. The average molecular weight is 274 g/mol. The molecule has 0 atom stereocenters. The molecule has 1 N–H and O–H groups in total. The van der Waals surface area contributed by atoms with Gasteiger partial charge < -0.3 is 15.0 Å². The second-order valence-corrected chi connectivity index (χ2v) is 4.53. The molecule has 0 unspecified atom stereocenters. The third-order valence-electron chi connectivity index (χ3n) is 3.08. The molecular formula is C13H17F3N2O. The molecule has 1 fully saturated rings. The monoisotopic (exact) mass is 274 g/mol. The molecule has 2 rings (SSSR count). The summed E-state index contributed by atoms with van der Waals surface area (Å²) >= 11 is 0. The van der Waals surface area contributed by atoms with Gasteiger partial charge in [-0.25, -0.2) is 0 Å². The molecule has 0 aliphatic carbocycles. The van der Waals surface area contributed by atoms with Gasteiger partial charge in [-0.05, 0) is 24.1 Å². The van der Waals surface area contributed by atoms with Crippen molar-refractivity contribution < 1.29 is 17.9 Å². The maximum absolute atomic E-state index is 12.0. The van der Waals surface area contributed by atoms with E-state index in [1.165, 1.54) is 12.1 Å². The molecule has 0 radical (unpaired) electrons. The minimum Gasteiger partial charge on any atom is -0.406 e. The third-order valence-corrected chi connectivity index (χ3v) is 3.08. The summed E-state index contributed by atoms with van der Waals surface area (Å²) in [5, 5.41) is 3.28. The topological polar surface area (TPSA) is 24.5 Å². The van der Waals surface area contributed by atoms with Crippen molar-refractivity contribution in [1.29, 1.82) is 0 Å². The normalized spacial score (nSPS) is 17.4. The van der Waals surface area contributed by atoms with Crippen LogP contribution in [0.4, 0.5) is 13.2 Å². The lowest BCUT2D eigenvalue weighted by molar-refractivity contribution is -0.274. The number of nitrogens with zero attached hydrogens (tertiary/aromatic N) is 1. The molecule has 0 saturated carbocycles. The Bertz CT molecular complexity index is 386. The summed E-state index contributed by atoms with van der Waals surface area (Å²) in [7, 11) is 0. The zero-order valence-corrected chi connectivity index (χ0v) is 10.5. The number of hydrogen-bond acceptors (Lipinski definition) is 3. The zero-order valence-electron chi connectivity index (χ0n) is 10.5. The lowest BCUT2D eigenvalue weighted by Crippen LogP contribution is -2.44. The van der Waals surface area contributed by atoms with Crippen molar-refractivity contribution in [2.24, 2.45) is 0 Å². The quantitative estimate of drug-likeness (QED) is 0.909. The van der Waals surface area contributed by atoms with Crippen molar-refractivity contribution in [2.75, 3.05) is 32.7 Å². The number of alkyl halides is 3. The van der Waals surface area contributed by atoms with Gasteiger partial charge in [0.2, 0.25) is 0 Å². The maximum atomic E-state index is 12.0. The van der Waals surface area contributed by atoms with E-state index < -0.39 is 6.36 Å². The van der Waals surface area contributed by atoms with Crippen LogP contribution in [0.1, 0.15) is 5.56 Å². The van der Waals surface area contributed by atoms with Crippen LogP contribution >= 0.6 is 0 Å². The van der Waals surface area contributed by atoms with Crippen LogP contribution in [0.5, 0.6) is 5.75 Å². The summed E-state index contributed by atoms with van der Waals surface area (Å²) in [4.78, 5) is 2.34. The standard InChI is InChI=1S/C13H17F3N2O/c14-13(15,16)19-12-3-1-11(2-4-12)5-8-18-9-6-17-7-10-18/h1-4,17H,5-10H2. The Hall–Kier alpha value is -1.27. The molecule has 0 bridgehead atoms. The van der Waals surface area contributed by atoms with Crippen molar-refractivity contribution in [2.45, 2.75) is 12.8 Å². The Balaban J connectivity index is 1.81. The summed E-state index contributed by atoms with van der Waals surface area (Å²) in [6, 6.07) is 6.09. The summed E-state index contributed by atoms with van der Waals surface area (Å²) in [5.41, 5.74) is 1.02. The summed E-state index contributed by atoms with van der Waals surface area (Å²) in [6.45, 7) is 4.97. The highest BCUT2D eigenvalue weighted by Crippen LogP contribution is 2.22. The smallest absolute Gasteiger partial charge is 0.406 e. The number of benzene rings is 1. The van der Waals surface area contributed by atoms with Gasteiger partial charge in [0, 0.05) is 32.7 Å². The number of ether oxygens (including phenoxy) is 1. The van der Waals surface area contributed by atoms with E-state index in [9.17, 15) is 13.2 Å². The Kier molecular flexibility index (Phi) is 4.66. The predicted molar refractivity (Wildman–Crippen MR) is 66.1 cm³/mol. The van der Waals surface area contributed by atoms with Gasteiger partial charge in [0.25, 0.3) is 0 Å². The molecule has 1 aromatic carbocycles.